The van der Waals surface area contributed by atoms with Crippen LogP contribution in [0.4, 0.5) is 5.95 Å². The van der Waals surface area contributed by atoms with Crippen molar-refractivity contribution in [2.45, 2.75) is 31.8 Å². The molecule has 1 aromatic carbocycles. The summed E-state index contributed by atoms with van der Waals surface area (Å²) in [5.74, 6) is 0.816. The first-order valence-corrected chi connectivity index (χ1v) is 11.3. The summed E-state index contributed by atoms with van der Waals surface area (Å²) in [6.45, 7) is 3.74. The summed E-state index contributed by atoms with van der Waals surface area (Å²) in [5.41, 5.74) is 1.80. The highest BCUT2D eigenvalue weighted by molar-refractivity contribution is 7.59. The van der Waals surface area contributed by atoms with Crippen molar-refractivity contribution in [3.05, 3.63) is 64.8 Å². The average molecular weight is 504 g/mol. The molecule has 0 unspecified atom stereocenters. The van der Waals surface area contributed by atoms with Crippen LogP contribution in [0, 0.1) is 6.92 Å². The van der Waals surface area contributed by atoms with Crippen LogP contribution in [0.5, 0.6) is 0 Å². The Bertz CT molecular complexity index is 1120. The van der Waals surface area contributed by atoms with Gasteiger partial charge in [-0.3, -0.25) is 9.36 Å². The fourth-order valence-electron chi connectivity index (χ4n) is 3.85. The van der Waals surface area contributed by atoms with Crippen molar-refractivity contribution in [2.75, 3.05) is 32.1 Å². The van der Waals surface area contributed by atoms with Crippen molar-refractivity contribution in [3.63, 3.8) is 0 Å². The lowest BCUT2D eigenvalue weighted by Gasteiger charge is -2.29. The van der Waals surface area contributed by atoms with E-state index >= 15 is 0 Å². The molecule has 1 saturated heterocycles. The summed E-state index contributed by atoms with van der Waals surface area (Å²) >= 11 is 6.04. The number of aryl methyl sites for hydroxylation is 1. The number of anilines is 1. The standard InChI is InChI=1S/C23H28ClN7O2.H2S/c1-15-11-25-23(27-18-6-8-30(2)9-7-18)29-21(15)31-12-19(26-14-31)22(33)28-20(13-32)16-4-3-5-17(24)10-16;/h3-5,10-12,14,18,20,32H,6-9,13H2,1-2H3,(H,28,33)(H,25,27,29);1H2/t20-;/m1./s1. The van der Waals surface area contributed by atoms with Crippen LogP contribution < -0.4 is 10.6 Å². The lowest BCUT2D eigenvalue weighted by atomic mass is 10.1. The molecule has 3 N–H and O–H groups in total. The second kappa shape index (κ2) is 11.7. The highest BCUT2D eigenvalue weighted by Crippen LogP contribution is 2.19. The van der Waals surface area contributed by atoms with Gasteiger partial charge in [0.05, 0.1) is 12.6 Å². The molecule has 4 rings (SSSR count). The Morgan fingerprint density at radius 3 is 2.76 bits per heavy atom. The number of hydrogen-bond acceptors (Lipinski definition) is 7. The molecular formula is C23H30ClN7O2S. The topological polar surface area (TPSA) is 108 Å². The minimum absolute atomic E-state index is 0. The number of nitrogens with one attached hydrogen (secondary N) is 2. The van der Waals surface area contributed by atoms with Crippen molar-refractivity contribution in [3.8, 4) is 5.82 Å². The Kier molecular flexibility index (Phi) is 8.90. The molecule has 1 aliphatic heterocycles. The summed E-state index contributed by atoms with van der Waals surface area (Å²) < 4.78 is 1.71. The van der Waals surface area contributed by atoms with Crippen molar-refractivity contribution in [2.24, 2.45) is 0 Å². The molecule has 1 amide bonds. The van der Waals surface area contributed by atoms with Gasteiger partial charge in [-0.2, -0.15) is 18.5 Å². The molecule has 3 aromatic rings. The second-order valence-electron chi connectivity index (χ2n) is 8.35. The third-order valence-electron chi connectivity index (χ3n) is 5.80. The number of imidazole rings is 1. The Labute approximate surface area is 211 Å². The number of aromatic nitrogens is 4. The smallest absolute Gasteiger partial charge is 0.272 e. The summed E-state index contributed by atoms with van der Waals surface area (Å²) in [7, 11) is 2.13. The van der Waals surface area contributed by atoms with Gasteiger partial charge < -0.3 is 20.6 Å². The highest BCUT2D eigenvalue weighted by atomic mass is 35.5. The number of rotatable bonds is 7. The number of hydrogen-bond donors (Lipinski definition) is 3. The van der Waals surface area contributed by atoms with Gasteiger partial charge in [-0.05, 0) is 57.6 Å². The van der Waals surface area contributed by atoms with Gasteiger partial charge in [0, 0.05) is 29.0 Å². The van der Waals surface area contributed by atoms with E-state index in [-0.39, 0.29) is 25.8 Å². The summed E-state index contributed by atoms with van der Waals surface area (Å²) in [6.07, 6.45) is 7.02. The molecule has 0 spiro atoms. The van der Waals surface area contributed by atoms with Crippen LogP contribution in [0.3, 0.4) is 0 Å². The molecule has 11 heteroatoms. The molecule has 34 heavy (non-hydrogen) atoms. The molecule has 2 aromatic heterocycles. The van der Waals surface area contributed by atoms with Crippen LogP contribution in [0.15, 0.2) is 43.0 Å². The van der Waals surface area contributed by atoms with E-state index in [4.69, 9.17) is 11.6 Å². The maximum absolute atomic E-state index is 12.8. The zero-order valence-electron chi connectivity index (χ0n) is 19.2. The lowest BCUT2D eigenvalue weighted by molar-refractivity contribution is 0.0911. The molecule has 0 bridgehead atoms. The van der Waals surface area contributed by atoms with E-state index < -0.39 is 11.9 Å². The first-order valence-electron chi connectivity index (χ1n) is 10.9. The third-order valence-corrected chi connectivity index (χ3v) is 6.03. The molecular weight excluding hydrogens is 474 g/mol. The van der Waals surface area contributed by atoms with Crippen LogP contribution in [0.2, 0.25) is 5.02 Å². The van der Waals surface area contributed by atoms with Gasteiger partial charge in [-0.1, -0.05) is 23.7 Å². The van der Waals surface area contributed by atoms with E-state index in [1.807, 2.05) is 6.92 Å². The molecule has 1 fully saturated rings. The Morgan fingerprint density at radius 1 is 1.29 bits per heavy atom. The number of nitrogens with zero attached hydrogens (tertiary/aromatic N) is 5. The van der Waals surface area contributed by atoms with Crippen LogP contribution in [-0.4, -0.2) is 68.2 Å². The fourth-order valence-corrected chi connectivity index (χ4v) is 4.04. The Morgan fingerprint density at radius 2 is 2.06 bits per heavy atom. The van der Waals surface area contributed by atoms with E-state index in [0.717, 1.165) is 31.5 Å². The minimum atomic E-state index is -0.590. The Balaban J connectivity index is 0.00000324. The largest absolute Gasteiger partial charge is 0.394 e. The minimum Gasteiger partial charge on any atom is -0.394 e. The van der Waals surface area contributed by atoms with Gasteiger partial charge in [0.15, 0.2) is 0 Å². The molecule has 1 aliphatic rings. The number of amides is 1. The zero-order chi connectivity index (χ0) is 23.4. The number of aliphatic hydroxyl groups excluding tert-OH is 1. The molecule has 182 valence electrons. The van der Waals surface area contributed by atoms with Gasteiger partial charge in [0.2, 0.25) is 5.95 Å². The predicted molar refractivity (Wildman–Crippen MR) is 137 cm³/mol. The number of piperidine rings is 1. The molecule has 0 aliphatic carbocycles. The number of carbonyl (C=O) groups is 1. The van der Waals surface area contributed by atoms with Crippen molar-refractivity contribution in [1.82, 2.24) is 29.7 Å². The first kappa shape index (κ1) is 26.0. The van der Waals surface area contributed by atoms with Crippen molar-refractivity contribution >= 4 is 37.0 Å². The maximum atomic E-state index is 12.8. The quantitative estimate of drug-likeness (QED) is 0.455. The summed E-state index contributed by atoms with van der Waals surface area (Å²) in [4.78, 5) is 28.4. The van der Waals surface area contributed by atoms with Crippen LogP contribution in [-0.2, 0) is 0 Å². The van der Waals surface area contributed by atoms with Gasteiger partial charge in [-0.25, -0.2) is 9.97 Å². The third kappa shape index (κ3) is 6.26. The first-order chi connectivity index (χ1) is 15.9. The Hall–Kier alpha value is -2.66. The monoisotopic (exact) mass is 503 g/mol. The number of aliphatic hydroxyl groups is 1. The maximum Gasteiger partial charge on any atom is 0.272 e. The number of benzene rings is 1. The van der Waals surface area contributed by atoms with Crippen molar-refractivity contribution in [1.29, 1.82) is 0 Å². The average Bonchev–Trinajstić information content (AvgIpc) is 3.30. The van der Waals surface area contributed by atoms with E-state index in [1.54, 1.807) is 47.6 Å². The SMILES string of the molecule is Cc1cnc(NC2CCN(C)CC2)nc1-n1cnc(C(=O)N[C@H](CO)c2cccc(Cl)c2)c1.S. The fraction of sp³-hybridized carbons (Fsp3) is 0.391. The van der Waals surface area contributed by atoms with E-state index in [9.17, 15) is 9.90 Å². The van der Waals surface area contributed by atoms with Gasteiger partial charge in [0.25, 0.3) is 5.91 Å². The summed E-state index contributed by atoms with van der Waals surface area (Å²) in [5, 5.41) is 16.5. The number of halogens is 1. The second-order valence-corrected chi connectivity index (χ2v) is 8.79. The van der Waals surface area contributed by atoms with Crippen LogP contribution in [0.25, 0.3) is 5.82 Å². The van der Waals surface area contributed by atoms with Gasteiger partial charge >= 0.3 is 0 Å². The lowest BCUT2D eigenvalue weighted by Crippen LogP contribution is -2.37. The molecule has 3 heterocycles. The molecule has 1 atom stereocenters. The van der Waals surface area contributed by atoms with E-state index in [1.165, 1.54) is 0 Å². The van der Waals surface area contributed by atoms with Crippen LogP contribution >= 0.6 is 25.1 Å². The van der Waals surface area contributed by atoms with E-state index in [2.05, 4.69) is 37.5 Å². The van der Waals surface area contributed by atoms with Crippen molar-refractivity contribution < 1.29 is 9.90 Å². The molecule has 0 radical (unpaired) electrons. The number of carbonyl (C=O) groups excluding carboxylic acids is 1. The number of likely N-dealkylation sites (tertiary alicyclic amines) is 1. The molecule has 0 saturated carbocycles. The zero-order valence-corrected chi connectivity index (χ0v) is 21.0. The predicted octanol–water partition coefficient (Wildman–Crippen LogP) is 2.71. The van der Waals surface area contributed by atoms with Gasteiger partial charge in [-0.15, -0.1) is 0 Å². The van der Waals surface area contributed by atoms with Gasteiger partial charge in [0.1, 0.15) is 17.8 Å². The van der Waals surface area contributed by atoms with Crippen LogP contribution in [0.1, 0.15) is 40.5 Å². The molecule has 9 nitrogen and oxygen atoms in total. The summed E-state index contributed by atoms with van der Waals surface area (Å²) in [6, 6.07) is 6.77. The van der Waals surface area contributed by atoms with E-state index in [0.29, 0.717) is 28.4 Å². The highest BCUT2D eigenvalue weighted by Gasteiger charge is 2.20. The normalized spacial score (nSPS) is 15.4.